The van der Waals surface area contributed by atoms with E-state index in [1.807, 2.05) is 0 Å². The van der Waals surface area contributed by atoms with Gasteiger partial charge in [0, 0.05) is 6.42 Å². The predicted octanol–water partition coefficient (Wildman–Crippen LogP) is 20.2. The Morgan fingerprint density at radius 2 is 0.676 bits per heavy atom. The van der Waals surface area contributed by atoms with Crippen molar-refractivity contribution >= 4 is 11.9 Å². The van der Waals surface area contributed by atoms with Gasteiger partial charge in [-0.1, -0.05) is 289 Å². The summed E-state index contributed by atoms with van der Waals surface area (Å²) >= 11 is 0. The summed E-state index contributed by atoms with van der Waals surface area (Å²) in [5.74, 6) is -0.457. The van der Waals surface area contributed by atoms with Gasteiger partial charge in [0.25, 0.3) is 0 Å². The van der Waals surface area contributed by atoms with Crippen molar-refractivity contribution in [2.45, 2.75) is 373 Å². The van der Waals surface area contributed by atoms with Crippen molar-refractivity contribution < 1.29 is 24.5 Å². The molecule has 0 saturated carbocycles. The summed E-state index contributed by atoms with van der Waals surface area (Å²) in [7, 11) is 0. The van der Waals surface area contributed by atoms with E-state index in [9.17, 15) is 19.8 Å². The van der Waals surface area contributed by atoms with Gasteiger partial charge in [-0.3, -0.25) is 9.59 Å². The molecule has 0 rings (SSSR count). The zero-order valence-corrected chi connectivity index (χ0v) is 48.1. The van der Waals surface area contributed by atoms with E-state index in [1.54, 1.807) is 0 Å². The second-order valence-corrected chi connectivity index (χ2v) is 22.2. The number of aliphatic hydroxyl groups is 2. The van der Waals surface area contributed by atoms with Gasteiger partial charge in [-0.15, -0.1) is 0 Å². The van der Waals surface area contributed by atoms with Crippen LogP contribution in [-0.2, 0) is 14.3 Å². The van der Waals surface area contributed by atoms with Crippen LogP contribution in [0.15, 0.2) is 24.3 Å². The zero-order chi connectivity index (χ0) is 51.6. The molecule has 0 aromatic heterocycles. The highest BCUT2D eigenvalue weighted by Crippen LogP contribution is 2.19. The number of unbranched alkanes of at least 4 members (excludes halogenated alkanes) is 43. The molecule has 0 bridgehead atoms. The number of hydrogen-bond acceptors (Lipinski definition) is 5. The highest BCUT2D eigenvalue weighted by atomic mass is 16.5. The number of hydrogen-bond donors (Lipinski definition) is 3. The maximum absolute atomic E-state index is 13.3. The van der Waals surface area contributed by atoms with Crippen LogP contribution in [0.4, 0.5) is 0 Å². The Balaban J connectivity index is 4.51. The molecule has 0 radical (unpaired) electrons. The quantitative estimate of drug-likeness (QED) is 0.0320. The minimum atomic E-state index is -0.787. The van der Waals surface area contributed by atoms with E-state index >= 15 is 0 Å². The monoisotopic (exact) mass is 1000 g/mol. The summed E-state index contributed by atoms with van der Waals surface area (Å²) < 4.78 is 5.99. The fourth-order valence-electron chi connectivity index (χ4n) is 10.1. The molecule has 0 aliphatic heterocycles. The lowest BCUT2D eigenvalue weighted by Crippen LogP contribution is -2.46. The Bertz CT molecular complexity index is 1120. The molecule has 0 aliphatic carbocycles. The van der Waals surface area contributed by atoms with Crippen LogP contribution in [0.5, 0.6) is 0 Å². The molecule has 6 heteroatoms. The highest BCUT2D eigenvalue weighted by Gasteiger charge is 2.24. The lowest BCUT2D eigenvalue weighted by molar-refractivity contribution is -0.151. The molecule has 420 valence electrons. The fraction of sp³-hybridized carbons (Fsp3) is 0.908. The maximum Gasteiger partial charge on any atom is 0.306 e. The Morgan fingerprint density at radius 3 is 1.00 bits per heavy atom. The van der Waals surface area contributed by atoms with Gasteiger partial charge in [0.15, 0.2) is 0 Å². The molecule has 1 amide bonds. The number of ether oxygens (including phenoxy) is 1. The molecule has 3 unspecified atom stereocenters. The molecule has 0 spiro atoms. The SMILES string of the molecule is CCCCCCCC/C=C/CCCCCCCCCCCC(=O)OC(CCCCCCCCC/C=C/CCCCCCCC)CC(=O)NC(CO)C(O)CCCCCCCCCCCCCCCCCC. The van der Waals surface area contributed by atoms with E-state index in [0.29, 0.717) is 19.3 Å². The van der Waals surface area contributed by atoms with E-state index in [2.05, 4.69) is 50.4 Å². The van der Waals surface area contributed by atoms with Crippen molar-refractivity contribution in [3.05, 3.63) is 24.3 Å². The van der Waals surface area contributed by atoms with E-state index in [-0.39, 0.29) is 24.9 Å². The molecule has 0 aliphatic rings. The van der Waals surface area contributed by atoms with Gasteiger partial charge >= 0.3 is 5.97 Å². The Kier molecular flexibility index (Phi) is 57.8. The Labute approximate surface area is 443 Å². The first-order chi connectivity index (χ1) is 35.0. The second-order valence-electron chi connectivity index (χ2n) is 22.2. The number of rotatable bonds is 59. The van der Waals surface area contributed by atoms with Crippen molar-refractivity contribution in [1.29, 1.82) is 0 Å². The smallest absolute Gasteiger partial charge is 0.306 e. The predicted molar refractivity (Wildman–Crippen MR) is 310 cm³/mol. The first-order valence-corrected chi connectivity index (χ1v) is 32.1. The van der Waals surface area contributed by atoms with Gasteiger partial charge in [0.2, 0.25) is 5.91 Å². The minimum Gasteiger partial charge on any atom is -0.462 e. The van der Waals surface area contributed by atoms with E-state index < -0.39 is 18.2 Å². The number of esters is 1. The van der Waals surface area contributed by atoms with Gasteiger partial charge in [-0.25, -0.2) is 0 Å². The molecule has 6 nitrogen and oxygen atoms in total. The molecule has 0 heterocycles. The Hall–Kier alpha value is -1.66. The maximum atomic E-state index is 13.3. The topological polar surface area (TPSA) is 95.9 Å². The number of amides is 1. The first-order valence-electron chi connectivity index (χ1n) is 32.1. The van der Waals surface area contributed by atoms with Crippen LogP contribution in [0.1, 0.15) is 355 Å². The van der Waals surface area contributed by atoms with Crippen LogP contribution in [0.2, 0.25) is 0 Å². The Morgan fingerprint density at radius 1 is 0.394 bits per heavy atom. The third kappa shape index (κ3) is 54.4. The molecular weight excluding hydrogens is 875 g/mol. The van der Waals surface area contributed by atoms with Gasteiger partial charge in [0.1, 0.15) is 6.10 Å². The summed E-state index contributed by atoms with van der Waals surface area (Å²) in [6.45, 7) is 6.53. The van der Waals surface area contributed by atoms with Crippen LogP contribution >= 0.6 is 0 Å². The summed E-state index contributed by atoms with van der Waals surface area (Å²) in [5.41, 5.74) is 0. The largest absolute Gasteiger partial charge is 0.462 e. The number of allylic oxidation sites excluding steroid dienone is 4. The zero-order valence-electron chi connectivity index (χ0n) is 48.1. The lowest BCUT2D eigenvalue weighted by Gasteiger charge is -2.24. The molecule has 3 N–H and O–H groups in total. The van der Waals surface area contributed by atoms with Crippen LogP contribution in [0, 0.1) is 0 Å². The van der Waals surface area contributed by atoms with E-state index in [1.165, 1.54) is 257 Å². The van der Waals surface area contributed by atoms with E-state index in [4.69, 9.17) is 4.74 Å². The number of nitrogens with one attached hydrogen (secondary N) is 1. The normalized spacial score (nSPS) is 13.1. The van der Waals surface area contributed by atoms with Gasteiger partial charge in [-0.05, 0) is 77.0 Å². The van der Waals surface area contributed by atoms with Crippen molar-refractivity contribution in [2.75, 3.05) is 6.61 Å². The van der Waals surface area contributed by atoms with Crippen LogP contribution < -0.4 is 5.32 Å². The van der Waals surface area contributed by atoms with Gasteiger partial charge in [0.05, 0.1) is 25.2 Å². The summed E-state index contributed by atoms with van der Waals surface area (Å²) in [6, 6.07) is -0.701. The van der Waals surface area contributed by atoms with Crippen molar-refractivity contribution in [3.63, 3.8) is 0 Å². The summed E-state index contributed by atoms with van der Waals surface area (Å²) in [5, 5.41) is 24.0. The summed E-state index contributed by atoms with van der Waals surface area (Å²) in [6.07, 6.45) is 71.1. The van der Waals surface area contributed by atoms with Gasteiger partial charge < -0.3 is 20.3 Å². The van der Waals surface area contributed by atoms with Crippen molar-refractivity contribution in [2.24, 2.45) is 0 Å². The third-order valence-corrected chi connectivity index (χ3v) is 15.0. The number of carbonyl (C=O) groups excluding carboxylic acids is 2. The number of carbonyl (C=O) groups is 2. The first kappa shape index (κ1) is 69.3. The number of aliphatic hydroxyl groups excluding tert-OH is 2. The van der Waals surface area contributed by atoms with E-state index in [0.717, 1.165) is 51.4 Å². The molecule has 0 saturated heterocycles. The molecule has 3 atom stereocenters. The lowest BCUT2D eigenvalue weighted by atomic mass is 10.0. The third-order valence-electron chi connectivity index (χ3n) is 15.0. The van der Waals surface area contributed by atoms with Crippen molar-refractivity contribution in [3.8, 4) is 0 Å². The molecule has 71 heavy (non-hydrogen) atoms. The highest BCUT2D eigenvalue weighted by molar-refractivity contribution is 5.77. The standard InChI is InChI=1S/C65H125NO5/c1-4-7-10-13-16-19-22-25-28-31-32-34-37-40-43-46-49-52-55-58-65(70)71-61(56-53-50-47-44-41-38-35-33-29-26-23-20-17-14-11-8-5-2)59-64(69)66-62(60-67)63(68)57-54-51-48-45-42-39-36-30-27-24-21-18-15-12-9-6-3/h25-26,28-29,61-63,67-68H,4-24,27,30-60H2,1-3H3,(H,66,69)/b28-25+,29-26+. The molecule has 0 aromatic rings. The van der Waals surface area contributed by atoms with Crippen LogP contribution in [0.25, 0.3) is 0 Å². The average Bonchev–Trinajstić information content (AvgIpc) is 3.36. The molecular formula is C65H125NO5. The minimum absolute atomic E-state index is 0.0792. The van der Waals surface area contributed by atoms with Crippen LogP contribution in [0.3, 0.4) is 0 Å². The second kappa shape index (κ2) is 59.2. The summed E-state index contributed by atoms with van der Waals surface area (Å²) in [4.78, 5) is 26.4. The fourth-order valence-corrected chi connectivity index (χ4v) is 10.1. The van der Waals surface area contributed by atoms with Crippen molar-refractivity contribution in [1.82, 2.24) is 5.32 Å². The molecule has 0 aromatic carbocycles. The van der Waals surface area contributed by atoms with Gasteiger partial charge in [-0.2, -0.15) is 0 Å². The van der Waals surface area contributed by atoms with Crippen LogP contribution in [-0.4, -0.2) is 46.9 Å². The average molecular weight is 1000 g/mol. The molecule has 0 fully saturated rings.